The highest BCUT2D eigenvalue weighted by Gasteiger charge is 2.15. The van der Waals surface area contributed by atoms with E-state index in [0.29, 0.717) is 29.3 Å². The number of aromatic amines is 1. The van der Waals surface area contributed by atoms with Crippen molar-refractivity contribution in [3.05, 3.63) is 73.4 Å². The molecule has 0 aliphatic rings. The lowest BCUT2D eigenvalue weighted by Crippen LogP contribution is -2.09. The number of ether oxygens (including phenoxy) is 2. The highest BCUT2D eigenvalue weighted by Crippen LogP contribution is 2.33. The fourth-order valence-electron chi connectivity index (χ4n) is 3.91. The van der Waals surface area contributed by atoms with Crippen molar-refractivity contribution in [1.82, 2.24) is 9.97 Å². The minimum Gasteiger partial charge on any atom is -0.493 e. The molecule has 0 radical (unpaired) electrons. The van der Waals surface area contributed by atoms with E-state index < -0.39 is 0 Å². The van der Waals surface area contributed by atoms with Gasteiger partial charge in [0.2, 0.25) is 0 Å². The van der Waals surface area contributed by atoms with E-state index in [1.165, 1.54) is 33.6 Å². The summed E-state index contributed by atoms with van der Waals surface area (Å²) in [6.45, 7) is 10.7. The number of H-pyrrole nitrogens is 1. The Labute approximate surface area is 185 Å². The molecule has 4 aromatic rings. The van der Waals surface area contributed by atoms with Crippen LogP contribution in [0.4, 0.5) is 0 Å². The standard InChI is InChI=1S/C25H26N2O3S/c1-13-9-14(2)19(15(3)10-13)12-30-20-8-7-18(11-21(20)29-6)23-26-24(28)22-16(4)17(5)31-25(22)27-23/h7-11H,12H2,1-6H3,(H,26,27,28). The first kappa shape index (κ1) is 21.1. The molecule has 6 heteroatoms. The summed E-state index contributed by atoms with van der Waals surface area (Å²) in [5, 5.41) is 0.669. The molecule has 0 aliphatic carbocycles. The summed E-state index contributed by atoms with van der Waals surface area (Å²) < 4.78 is 11.7. The second-order valence-electron chi connectivity index (χ2n) is 7.91. The molecule has 1 N–H and O–H groups in total. The number of aromatic nitrogens is 2. The molecule has 0 spiro atoms. The third kappa shape index (κ3) is 3.95. The lowest BCUT2D eigenvalue weighted by molar-refractivity contribution is 0.283. The number of nitrogens with zero attached hydrogens (tertiary/aromatic N) is 1. The third-order valence-electron chi connectivity index (χ3n) is 5.69. The topological polar surface area (TPSA) is 64.2 Å². The minimum absolute atomic E-state index is 0.119. The molecule has 160 valence electrons. The first-order chi connectivity index (χ1) is 14.8. The van der Waals surface area contributed by atoms with E-state index in [2.05, 4.69) is 42.9 Å². The number of hydrogen-bond donors (Lipinski definition) is 1. The molecule has 2 aromatic carbocycles. The Balaban J connectivity index is 1.66. The molecule has 0 atom stereocenters. The van der Waals surface area contributed by atoms with E-state index in [0.717, 1.165) is 20.8 Å². The maximum atomic E-state index is 12.6. The zero-order valence-electron chi connectivity index (χ0n) is 18.7. The van der Waals surface area contributed by atoms with Crippen LogP contribution in [0.25, 0.3) is 21.6 Å². The third-order valence-corrected chi connectivity index (χ3v) is 6.79. The van der Waals surface area contributed by atoms with Crippen molar-refractivity contribution in [2.45, 2.75) is 41.2 Å². The predicted molar refractivity (Wildman–Crippen MR) is 127 cm³/mol. The van der Waals surface area contributed by atoms with Crippen LogP contribution in [-0.2, 0) is 6.61 Å². The summed E-state index contributed by atoms with van der Waals surface area (Å²) in [5.41, 5.74) is 6.49. The number of hydrogen-bond acceptors (Lipinski definition) is 5. The fourth-order valence-corrected chi connectivity index (χ4v) is 4.94. The van der Waals surface area contributed by atoms with Gasteiger partial charge in [-0.1, -0.05) is 17.7 Å². The lowest BCUT2D eigenvalue weighted by Gasteiger charge is -2.15. The van der Waals surface area contributed by atoms with E-state index in [1.807, 2.05) is 32.0 Å². The highest BCUT2D eigenvalue weighted by atomic mass is 32.1. The molecule has 0 unspecified atom stereocenters. The first-order valence-corrected chi connectivity index (χ1v) is 11.0. The summed E-state index contributed by atoms with van der Waals surface area (Å²) in [6, 6.07) is 9.93. The molecule has 4 rings (SSSR count). The fraction of sp³-hybridized carbons (Fsp3) is 0.280. The van der Waals surface area contributed by atoms with E-state index in [1.54, 1.807) is 7.11 Å². The van der Waals surface area contributed by atoms with Gasteiger partial charge in [0.15, 0.2) is 11.5 Å². The number of aryl methyl sites for hydroxylation is 5. The van der Waals surface area contributed by atoms with Crippen LogP contribution in [0.2, 0.25) is 0 Å². The average Bonchev–Trinajstić information content (AvgIpc) is 3.01. The first-order valence-electron chi connectivity index (χ1n) is 10.2. The molecule has 31 heavy (non-hydrogen) atoms. The Morgan fingerprint density at radius 2 is 1.71 bits per heavy atom. The van der Waals surface area contributed by atoms with E-state index in [-0.39, 0.29) is 5.56 Å². The van der Waals surface area contributed by atoms with Gasteiger partial charge in [0.25, 0.3) is 5.56 Å². The van der Waals surface area contributed by atoms with Gasteiger partial charge in [0.05, 0.1) is 12.5 Å². The van der Waals surface area contributed by atoms with Crippen LogP contribution in [0.5, 0.6) is 11.5 Å². The molecule has 0 fully saturated rings. The average molecular weight is 435 g/mol. The second kappa shape index (κ2) is 8.19. The van der Waals surface area contributed by atoms with Crippen molar-refractivity contribution in [3.8, 4) is 22.9 Å². The number of methoxy groups -OCH3 is 1. The Kier molecular flexibility index (Phi) is 5.58. The Hall–Kier alpha value is -3.12. The lowest BCUT2D eigenvalue weighted by atomic mass is 10.0. The number of benzene rings is 2. The normalized spacial score (nSPS) is 11.2. The van der Waals surface area contributed by atoms with Gasteiger partial charge in [-0.15, -0.1) is 11.3 Å². The molecule has 2 aromatic heterocycles. The largest absolute Gasteiger partial charge is 0.493 e. The van der Waals surface area contributed by atoms with Crippen molar-refractivity contribution in [1.29, 1.82) is 0 Å². The summed E-state index contributed by atoms with van der Waals surface area (Å²) in [6.07, 6.45) is 0. The van der Waals surface area contributed by atoms with Crippen molar-refractivity contribution in [2.75, 3.05) is 7.11 Å². The van der Waals surface area contributed by atoms with Gasteiger partial charge in [0.1, 0.15) is 17.3 Å². The maximum absolute atomic E-state index is 12.6. The van der Waals surface area contributed by atoms with Gasteiger partial charge in [-0.3, -0.25) is 4.79 Å². The number of thiophene rings is 1. The van der Waals surface area contributed by atoms with Crippen molar-refractivity contribution in [3.63, 3.8) is 0 Å². The molecule has 0 saturated heterocycles. The molecule has 2 heterocycles. The van der Waals surface area contributed by atoms with Crippen LogP contribution in [-0.4, -0.2) is 17.1 Å². The Bertz CT molecular complexity index is 1330. The van der Waals surface area contributed by atoms with Gasteiger partial charge in [0, 0.05) is 10.4 Å². The van der Waals surface area contributed by atoms with Gasteiger partial charge in [-0.05, 0) is 75.1 Å². The Morgan fingerprint density at radius 1 is 1.00 bits per heavy atom. The molecule has 0 amide bonds. The van der Waals surface area contributed by atoms with Crippen LogP contribution in [0.1, 0.15) is 32.7 Å². The number of rotatable bonds is 5. The van der Waals surface area contributed by atoms with Gasteiger partial charge < -0.3 is 14.5 Å². The molecule has 0 bridgehead atoms. The summed E-state index contributed by atoms with van der Waals surface area (Å²) >= 11 is 1.54. The van der Waals surface area contributed by atoms with Gasteiger partial charge >= 0.3 is 0 Å². The quantitative estimate of drug-likeness (QED) is 0.432. The summed E-state index contributed by atoms with van der Waals surface area (Å²) in [5.74, 6) is 1.77. The number of fused-ring (bicyclic) bond motifs is 1. The summed E-state index contributed by atoms with van der Waals surface area (Å²) in [7, 11) is 1.61. The molecular formula is C25H26N2O3S. The Morgan fingerprint density at radius 3 is 2.39 bits per heavy atom. The molecule has 0 aliphatic heterocycles. The van der Waals surface area contributed by atoms with Crippen LogP contribution >= 0.6 is 11.3 Å². The zero-order chi connectivity index (χ0) is 22.3. The SMILES string of the molecule is COc1cc(-c2nc3sc(C)c(C)c3c(=O)[nH]2)ccc1OCc1c(C)cc(C)cc1C. The van der Waals surface area contributed by atoms with Gasteiger partial charge in [-0.25, -0.2) is 4.98 Å². The van der Waals surface area contributed by atoms with Crippen molar-refractivity contribution >= 4 is 21.6 Å². The van der Waals surface area contributed by atoms with Crippen LogP contribution < -0.4 is 15.0 Å². The van der Waals surface area contributed by atoms with Crippen molar-refractivity contribution < 1.29 is 9.47 Å². The van der Waals surface area contributed by atoms with Crippen LogP contribution in [0.15, 0.2) is 35.1 Å². The smallest absolute Gasteiger partial charge is 0.260 e. The monoisotopic (exact) mass is 434 g/mol. The molecular weight excluding hydrogens is 408 g/mol. The van der Waals surface area contributed by atoms with Crippen LogP contribution in [0, 0.1) is 34.6 Å². The number of nitrogens with one attached hydrogen (secondary N) is 1. The second-order valence-corrected chi connectivity index (χ2v) is 9.11. The highest BCUT2D eigenvalue weighted by molar-refractivity contribution is 7.18. The summed E-state index contributed by atoms with van der Waals surface area (Å²) in [4.78, 5) is 22.1. The minimum atomic E-state index is -0.119. The van der Waals surface area contributed by atoms with E-state index in [9.17, 15) is 4.79 Å². The molecule has 0 saturated carbocycles. The van der Waals surface area contributed by atoms with Gasteiger partial charge in [-0.2, -0.15) is 0 Å². The van der Waals surface area contributed by atoms with Crippen LogP contribution in [0.3, 0.4) is 0 Å². The molecule has 5 nitrogen and oxygen atoms in total. The maximum Gasteiger partial charge on any atom is 0.260 e. The zero-order valence-corrected chi connectivity index (χ0v) is 19.5. The van der Waals surface area contributed by atoms with Crippen molar-refractivity contribution in [2.24, 2.45) is 0 Å². The van der Waals surface area contributed by atoms with E-state index in [4.69, 9.17) is 9.47 Å². The van der Waals surface area contributed by atoms with E-state index >= 15 is 0 Å². The predicted octanol–water partition coefficient (Wildman–Crippen LogP) is 5.78.